The van der Waals surface area contributed by atoms with Crippen molar-refractivity contribution in [1.29, 1.82) is 0 Å². The summed E-state index contributed by atoms with van der Waals surface area (Å²) in [6.07, 6.45) is 6.75. The van der Waals surface area contributed by atoms with Crippen molar-refractivity contribution in [2.45, 2.75) is 19.3 Å². The van der Waals surface area contributed by atoms with E-state index in [-0.39, 0.29) is 11.7 Å². The van der Waals surface area contributed by atoms with Crippen LogP contribution in [0, 0.1) is 5.92 Å². The third-order valence-corrected chi connectivity index (χ3v) is 3.22. The van der Waals surface area contributed by atoms with E-state index in [1.807, 2.05) is 36.4 Å². The molecule has 1 unspecified atom stereocenters. The van der Waals surface area contributed by atoms with Crippen molar-refractivity contribution in [1.82, 2.24) is 5.32 Å². The average molecular weight is 229 g/mol. The molecule has 0 amide bonds. The molecule has 2 heteroatoms. The number of ketones is 1. The van der Waals surface area contributed by atoms with Gasteiger partial charge >= 0.3 is 0 Å². The molecular formula is C15H19NO. The molecular weight excluding hydrogens is 210 g/mol. The summed E-state index contributed by atoms with van der Waals surface area (Å²) in [5, 5.41) is 3.33. The molecule has 1 aliphatic rings. The SMILES string of the molecule is O=C(/C=C/c1ccccc1)C1CCCNCC1. The summed E-state index contributed by atoms with van der Waals surface area (Å²) >= 11 is 0. The lowest BCUT2D eigenvalue weighted by Crippen LogP contribution is -2.16. The second-order valence-electron chi connectivity index (χ2n) is 4.52. The molecule has 1 N–H and O–H groups in total. The molecule has 1 aliphatic heterocycles. The van der Waals surface area contributed by atoms with Gasteiger partial charge in [-0.3, -0.25) is 4.79 Å². The van der Waals surface area contributed by atoms with Crippen LogP contribution in [0.4, 0.5) is 0 Å². The maximum Gasteiger partial charge on any atom is 0.158 e. The monoisotopic (exact) mass is 229 g/mol. The van der Waals surface area contributed by atoms with E-state index >= 15 is 0 Å². The number of carbonyl (C=O) groups excluding carboxylic acids is 1. The maximum absolute atomic E-state index is 12.0. The first-order chi connectivity index (χ1) is 8.36. The van der Waals surface area contributed by atoms with Crippen molar-refractivity contribution in [3.05, 3.63) is 42.0 Å². The molecule has 2 nitrogen and oxygen atoms in total. The largest absolute Gasteiger partial charge is 0.317 e. The van der Waals surface area contributed by atoms with Gasteiger partial charge in [0.2, 0.25) is 0 Å². The van der Waals surface area contributed by atoms with Gasteiger partial charge in [0.15, 0.2) is 5.78 Å². The van der Waals surface area contributed by atoms with Gasteiger partial charge in [-0.25, -0.2) is 0 Å². The van der Waals surface area contributed by atoms with Crippen molar-refractivity contribution in [2.24, 2.45) is 5.92 Å². The van der Waals surface area contributed by atoms with Crippen LogP contribution in [0.1, 0.15) is 24.8 Å². The normalized spacial score (nSPS) is 21.3. The van der Waals surface area contributed by atoms with Crippen LogP contribution >= 0.6 is 0 Å². The molecule has 1 aromatic rings. The van der Waals surface area contributed by atoms with E-state index in [4.69, 9.17) is 0 Å². The molecule has 2 rings (SSSR count). The molecule has 0 bridgehead atoms. The predicted molar refractivity (Wildman–Crippen MR) is 70.7 cm³/mol. The van der Waals surface area contributed by atoms with E-state index in [1.165, 1.54) is 0 Å². The highest BCUT2D eigenvalue weighted by atomic mass is 16.1. The van der Waals surface area contributed by atoms with E-state index in [0.717, 1.165) is 37.9 Å². The van der Waals surface area contributed by atoms with Gasteiger partial charge in [0.25, 0.3) is 0 Å². The molecule has 0 radical (unpaired) electrons. The van der Waals surface area contributed by atoms with Gasteiger partial charge in [-0.05, 0) is 44.0 Å². The van der Waals surface area contributed by atoms with E-state index in [9.17, 15) is 4.79 Å². The van der Waals surface area contributed by atoms with Crippen molar-refractivity contribution < 1.29 is 4.79 Å². The highest BCUT2D eigenvalue weighted by molar-refractivity contribution is 5.95. The van der Waals surface area contributed by atoms with Gasteiger partial charge < -0.3 is 5.32 Å². The van der Waals surface area contributed by atoms with Crippen LogP contribution in [0.5, 0.6) is 0 Å². The Morgan fingerprint density at radius 1 is 1.18 bits per heavy atom. The minimum Gasteiger partial charge on any atom is -0.317 e. The topological polar surface area (TPSA) is 29.1 Å². The Morgan fingerprint density at radius 3 is 2.82 bits per heavy atom. The molecule has 0 saturated carbocycles. The predicted octanol–water partition coefficient (Wildman–Crippen LogP) is 2.66. The van der Waals surface area contributed by atoms with Gasteiger partial charge in [-0.2, -0.15) is 0 Å². The minimum absolute atomic E-state index is 0.213. The summed E-state index contributed by atoms with van der Waals surface area (Å²) in [5.41, 5.74) is 1.09. The summed E-state index contributed by atoms with van der Waals surface area (Å²) in [6.45, 7) is 2.02. The second-order valence-corrected chi connectivity index (χ2v) is 4.52. The molecule has 0 spiro atoms. The van der Waals surface area contributed by atoms with Crippen molar-refractivity contribution >= 4 is 11.9 Å². The lowest BCUT2D eigenvalue weighted by Gasteiger charge is -2.08. The van der Waals surface area contributed by atoms with Crippen LogP contribution in [0.15, 0.2) is 36.4 Å². The van der Waals surface area contributed by atoms with Crippen LogP contribution in [-0.4, -0.2) is 18.9 Å². The molecule has 90 valence electrons. The summed E-state index contributed by atoms with van der Waals surface area (Å²) in [4.78, 5) is 12.0. The highest BCUT2D eigenvalue weighted by Crippen LogP contribution is 2.15. The fourth-order valence-electron chi connectivity index (χ4n) is 2.18. The Bertz CT molecular complexity index is 375. The summed E-state index contributed by atoms with van der Waals surface area (Å²) in [7, 11) is 0. The fourth-order valence-corrected chi connectivity index (χ4v) is 2.18. The number of rotatable bonds is 3. The van der Waals surface area contributed by atoms with Gasteiger partial charge in [0, 0.05) is 5.92 Å². The Labute approximate surface area is 103 Å². The third kappa shape index (κ3) is 3.82. The van der Waals surface area contributed by atoms with Gasteiger partial charge in [-0.1, -0.05) is 36.4 Å². The first-order valence-electron chi connectivity index (χ1n) is 6.34. The first-order valence-corrected chi connectivity index (χ1v) is 6.34. The Balaban J connectivity index is 1.94. The zero-order valence-electron chi connectivity index (χ0n) is 10.1. The Morgan fingerprint density at radius 2 is 2.00 bits per heavy atom. The Hall–Kier alpha value is -1.41. The second kappa shape index (κ2) is 6.36. The van der Waals surface area contributed by atoms with Crippen molar-refractivity contribution in [2.75, 3.05) is 13.1 Å². The lowest BCUT2D eigenvalue weighted by molar-refractivity contribution is -0.118. The highest BCUT2D eigenvalue weighted by Gasteiger charge is 2.17. The van der Waals surface area contributed by atoms with E-state index in [2.05, 4.69) is 5.32 Å². The third-order valence-electron chi connectivity index (χ3n) is 3.22. The number of hydrogen-bond acceptors (Lipinski definition) is 2. The molecule has 1 saturated heterocycles. The molecule has 17 heavy (non-hydrogen) atoms. The molecule has 1 heterocycles. The zero-order chi connectivity index (χ0) is 11.9. The number of benzene rings is 1. The number of nitrogens with one attached hydrogen (secondary N) is 1. The van der Waals surface area contributed by atoms with Gasteiger partial charge in [-0.15, -0.1) is 0 Å². The van der Waals surface area contributed by atoms with Crippen molar-refractivity contribution in [3.8, 4) is 0 Å². The van der Waals surface area contributed by atoms with E-state index < -0.39 is 0 Å². The van der Waals surface area contributed by atoms with Crippen LogP contribution in [0.25, 0.3) is 6.08 Å². The van der Waals surface area contributed by atoms with Crippen LogP contribution in [0.2, 0.25) is 0 Å². The zero-order valence-corrected chi connectivity index (χ0v) is 10.1. The van der Waals surface area contributed by atoms with E-state index in [1.54, 1.807) is 6.08 Å². The minimum atomic E-state index is 0.213. The molecule has 1 atom stereocenters. The fraction of sp³-hybridized carbons (Fsp3) is 0.400. The first kappa shape index (κ1) is 12.1. The standard InChI is InChI=1S/C15H19NO/c17-15(14-7-4-11-16-12-10-14)9-8-13-5-2-1-3-6-13/h1-3,5-6,8-9,14,16H,4,7,10-12H2/b9-8+. The number of allylic oxidation sites excluding steroid dienone is 1. The molecule has 1 aromatic carbocycles. The van der Waals surface area contributed by atoms with Gasteiger partial charge in [0.05, 0.1) is 0 Å². The quantitative estimate of drug-likeness (QED) is 0.807. The van der Waals surface area contributed by atoms with Gasteiger partial charge in [0.1, 0.15) is 0 Å². The smallest absolute Gasteiger partial charge is 0.158 e. The summed E-state index contributed by atoms with van der Waals surface area (Å²) in [5.74, 6) is 0.488. The summed E-state index contributed by atoms with van der Waals surface area (Å²) < 4.78 is 0. The van der Waals surface area contributed by atoms with Crippen LogP contribution in [0.3, 0.4) is 0 Å². The van der Waals surface area contributed by atoms with Crippen LogP contribution in [-0.2, 0) is 4.79 Å². The lowest BCUT2D eigenvalue weighted by atomic mass is 9.95. The Kier molecular flexibility index (Phi) is 4.51. The molecule has 0 aliphatic carbocycles. The molecule has 0 aromatic heterocycles. The summed E-state index contributed by atoms with van der Waals surface area (Å²) in [6, 6.07) is 9.98. The number of hydrogen-bond donors (Lipinski definition) is 1. The average Bonchev–Trinajstić information content (AvgIpc) is 2.66. The number of carbonyl (C=O) groups is 1. The van der Waals surface area contributed by atoms with E-state index in [0.29, 0.717) is 0 Å². The van der Waals surface area contributed by atoms with Crippen LogP contribution < -0.4 is 5.32 Å². The molecule has 1 fully saturated rings. The van der Waals surface area contributed by atoms with Crippen molar-refractivity contribution in [3.63, 3.8) is 0 Å². The maximum atomic E-state index is 12.0.